The molecule has 1 aromatic heterocycles. The molecule has 1 heterocycles. The average molecular weight is 302 g/mol. The first-order chi connectivity index (χ1) is 10.3. The van der Waals surface area contributed by atoms with Crippen molar-refractivity contribution in [3.8, 4) is 0 Å². The van der Waals surface area contributed by atoms with Gasteiger partial charge in [0.25, 0.3) is 5.91 Å². The van der Waals surface area contributed by atoms with Gasteiger partial charge in [-0.05, 0) is 24.8 Å². The molecular weight excluding hydrogens is 280 g/mol. The number of fused-ring (bicyclic) bond motifs is 1. The molecule has 0 aliphatic heterocycles. The molecule has 1 atom stereocenters. The minimum absolute atomic E-state index is 0.0217. The Labute approximate surface area is 129 Å². The second-order valence-electron chi connectivity index (χ2n) is 5.86. The third-order valence-corrected chi connectivity index (χ3v) is 5.48. The topological polar surface area (TPSA) is 55.1 Å². The zero-order valence-electron chi connectivity index (χ0n) is 12.2. The fourth-order valence-electron chi connectivity index (χ4n) is 3.31. The molecule has 0 bridgehead atoms. The maximum Gasteiger partial charge on any atom is 0.253 e. The van der Waals surface area contributed by atoms with Crippen LogP contribution < -0.4 is 11.1 Å². The zero-order chi connectivity index (χ0) is 14.7. The highest BCUT2D eigenvalue weighted by atomic mass is 32.1. The van der Waals surface area contributed by atoms with E-state index in [-0.39, 0.29) is 11.9 Å². The molecule has 112 valence electrons. The van der Waals surface area contributed by atoms with Crippen LogP contribution in [0.1, 0.15) is 42.5 Å². The highest BCUT2D eigenvalue weighted by Crippen LogP contribution is 2.28. The summed E-state index contributed by atoms with van der Waals surface area (Å²) in [6, 6.07) is 8.16. The summed E-state index contributed by atoms with van der Waals surface area (Å²) in [5.41, 5.74) is 6.69. The lowest BCUT2D eigenvalue weighted by Gasteiger charge is -2.30. The Kier molecular flexibility index (Phi) is 4.56. The highest BCUT2D eigenvalue weighted by molar-refractivity contribution is 7.17. The summed E-state index contributed by atoms with van der Waals surface area (Å²) in [7, 11) is 0. The number of carbonyl (C=O) groups excluding carboxylic acids is 1. The molecule has 3 nitrogen and oxygen atoms in total. The van der Waals surface area contributed by atoms with Crippen LogP contribution in [-0.2, 0) is 0 Å². The Balaban J connectivity index is 1.75. The van der Waals surface area contributed by atoms with Gasteiger partial charge in [0.1, 0.15) is 0 Å². The first-order valence-electron chi connectivity index (χ1n) is 7.76. The van der Waals surface area contributed by atoms with E-state index in [1.165, 1.54) is 32.1 Å². The maximum absolute atomic E-state index is 12.6. The second kappa shape index (κ2) is 6.58. The third kappa shape index (κ3) is 3.11. The Morgan fingerprint density at radius 2 is 2.05 bits per heavy atom. The Morgan fingerprint density at radius 3 is 2.81 bits per heavy atom. The first-order valence-corrected chi connectivity index (χ1v) is 8.64. The van der Waals surface area contributed by atoms with Gasteiger partial charge < -0.3 is 11.1 Å². The zero-order valence-corrected chi connectivity index (χ0v) is 13.0. The lowest BCUT2D eigenvalue weighted by Crippen LogP contribution is -2.45. The summed E-state index contributed by atoms with van der Waals surface area (Å²) < 4.78 is 1.16. The van der Waals surface area contributed by atoms with E-state index in [1.54, 1.807) is 11.3 Å². The molecule has 0 spiro atoms. The lowest BCUT2D eigenvalue weighted by molar-refractivity contribution is 0.0917. The number of hydrogen-bond acceptors (Lipinski definition) is 3. The largest absolute Gasteiger partial charge is 0.348 e. The fourth-order valence-corrected chi connectivity index (χ4v) is 4.25. The van der Waals surface area contributed by atoms with Gasteiger partial charge in [0.05, 0.1) is 5.56 Å². The first kappa shape index (κ1) is 14.5. The standard InChI is InChI=1S/C17H22N2OS/c18-10-15(12-6-2-1-3-7-12)19-17(20)14-11-21-16-9-5-4-8-13(14)16/h4-5,8-9,11-12,15H,1-3,6-7,10,18H2,(H,19,20). The molecular formula is C17H22N2OS. The van der Waals surface area contributed by atoms with Crippen LogP contribution in [0.4, 0.5) is 0 Å². The van der Waals surface area contributed by atoms with Gasteiger partial charge in [0, 0.05) is 28.1 Å². The second-order valence-corrected chi connectivity index (χ2v) is 6.77. The number of rotatable bonds is 4. The quantitative estimate of drug-likeness (QED) is 0.907. The van der Waals surface area contributed by atoms with Gasteiger partial charge >= 0.3 is 0 Å². The molecule has 1 saturated carbocycles. The van der Waals surface area contributed by atoms with Crippen LogP contribution in [0.3, 0.4) is 0 Å². The molecule has 1 unspecified atom stereocenters. The van der Waals surface area contributed by atoms with Gasteiger partial charge in [-0.2, -0.15) is 0 Å². The fraction of sp³-hybridized carbons (Fsp3) is 0.471. The smallest absolute Gasteiger partial charge is 0.253 e. The van der Waals surface area contributed by atoms with Gasteiger partial charge in [-0.25, -0.2) is 0 Å². The van der Waals surface area contributed by atoms with E-state index in [1.807, 2.05) is 23.6 Å². The van der Waals surface area contributed by atoms with E-state index in [0.29, 0.717) is 12.5 Å². The predicted octanol–water partition coefficient (Wildman–Crippen LogP) is 3.54. The van der Waals surface area contributed by atoms with Gasteiger partial charge in [-0.1, -0.05) is 37.5 Å². The number of nitrogens with one attached hydrogen (secondary N) is 1. The van der Waals surface area contributed by atoms with E-state index < -0.39 is 0 Å². The number of amides is 1. The van der Waals surface area contributed by atoms with Gasteiger partial charge in [-0.3, -0.25) is 4.79 Å². The van der Waals surface area contributed by atoms with Crippen molar-refractivity contribution in [2.45, 2.75) is 38.1 Å². The van der Waals surface area contributed by atoms with Crippen LogP contribution in [0.5, 0.6) is 0 Å². The molecule has 3 N–H and O–H groups in total. The van der Waals surface area contributed by atoms with Crippen LogP contribution in [0.25, 0.3) is 10.1 Å². The number of carbonyl (C=O) groups is 1. The van der Waals surface area contributed by atoms with E-state index in [4.69, 9.17) is 5.73 Å². The molecule has 21 heavy (non-hydrogen) atoms. The molecule has 1 aliphatic carbocycles. The van der Waals surface area contributed by atoms with Gasteiger partial charge in [0.2, 0.25) is 0 Å². The van der Waals surface area contributed by atoms with Crippen molar-refractivity contribution in [2.24, 2.45) is 11.7 Å². The number of thiophene rings is 1. The van der Waals surface area contributed by atoms with Crippen molar-refractivity contribution < 1.29 is 4.79 Å². The molecule has 1 fully saturated rings. The Bertz CT molecular complexity index is 616. The van der Waals surface area contributed by atoms with E-state index in [9.17, 15) is 4.79 Å². The molecule has 0 radical (unpaired) electrons. The van der Waals surface area contributed by atoms with E-state index in [0.717, 1.165) is 15.6 Å². The summed E-state index contributed by atoms with van der Waals surface area (Å²) in [6.45, 7) is 0.526. The molecule has 1 aliphatic rings. The van der Waals surface area contributed by atoms with Crippen LogP contribution in [0.2, 0.25) is 0 Å². The van der Waals surface area contributed by atoms with Crippen molar-refractivity contribution in [3.63, 3.8) is 0 Å². The molecule has 4 heteroatoms. The minimum atomic E-state index is 0.0217. The summed E-state index contributed by atoms with van der Waals surface area (Å²) >= 11 is 1.62. The molecule has 0 saturated heterocycles. The number of nitrogens with two attached hydrogens (primary N) is 1. The lowest BCUT2D eigenvalue weighted by atomic mass is 9.84. The SMILES string of the molecule is NCC(NC(=O)c1csc2ccccc12)C1CCCCC1. The van der Waals surface area contributed by atoms with Crippen molar-refractivity contribution in [1.82, 2.24) is 5.32 Å². The maximum atomic E-state index is 12.6. The summed E-state index contributed by atoms with van der Waals surface area (Å²) in [5, 5.41) is 6.17. The summed E-state index contributed by atoms with van der Waals surface area (Å²) in [5.74, 6) is 0.561. The third-order valence-electron chi connectivity index (χ3n) is 4.51. The summed E-state index contributed by atoms with van der Waals surface area (Å²) in [4.78, 5) is 12.6. The van der Waals surface area contributed by atoms with Gasteiger partial charge in [-0.15, -0.1) is 11.3 Å². The van der Waals surface area contributed by atoms with Crippen molar-refractivity contribution >= 4 is 27.3 Å². The van der Waals surface area contributed by atoms with Crippen molar-refractivity contribution in [2.75, 3.05) is 6.54 Å². The normalized spacial score (nSPS) is 17.8. The van der Waals surface area contributed by atoms with Crippen molar-refractivity contribution in [3.05, 3.63) is 35.2 Å². The van der Waals surface area contributed by atoms with E-state index >= 15 is 0 Å². The van der Waals surface area contributed by atoms with Crippen LogP contribution in [0.15, 0.2) is 29.6 Å². The molecule has 2 aromatic rings. The molecule has 3 rings (SSSR count). The van der Waals surface area contributed by atoms with Crippen LogP contribution in [0, 0.1) is 5.92 Å². The number of benzene rings is 1. The molecule has 1 aromatic carbocycles. The predicted molar refractivity (Wildman–Crippen MR) is 88.7 cm³/mol. The van der Waals surface area contributed by atoms with Crippen LogP contribution >= 0.6 is 11.3 Å². The Morgan fingerprint density at radius 1 is 1.29 bits per heavy atom. The highest BCUT2D eigenvalue weighted by Gasteiger charge is 2.25. The molecule has 1 amide bonds. The average Bonchev–Trinajstić information content (AvgIpc) is 2.97. The minimum Gasteiger partial charge on any atom is -0.348 e. The monoisotopic (exact) mass is 302 g/mol. The number of hydrogen-bond donors (Lipinski definition) is 2. The summed E-state index contributed by atoms with van der Waals surface area (Å²) in [6.07, 6.45) is 6.22. The Hall–Kier alpha value is -1.39. The van der Waals surface area contributed by atoms with E-state index in [2.05, 4.69) is 11.4 Å². The van der Waals surface area contributed by atoms with Crippen LogP contribution in [-0.4, -0.2) is 18.5 Å². The van der Waals surface area contributed by atoms with Crippen molar-refractivity contribution in [1.29, 1.82) is 0 Å². The van der Waals surface area contributed by atoms with Gasteiger partial charge in [0.15, 0.2) is 0 Å².